The van der Waals surface area contributed by atoms with Crippen LogP contribution < -0.4 is 5.32 Å². The van der Waals surface area contributed by atoms with Crippen molar-refractivity contribution in [2.45, 2.75) is 53.4 Å². The lowest BCUT2D eigenvalue weighted by Crippen LogP contribution is -2.28. The Morgan fingerprint density at radius 2 is 1.53 bits per heavy atom. The fourth-order valence-electron chi connectivity index (χ4n) is 2.06. The Balaban J connectivity index is 0.00000154. The van der Waals surface area contributed by atoms with Gasteiger partial charge in [-0.25, -0.2) is 0 Å². The molecule has 19 heavy (non-hydrogen) atoms. The van der Waals surface area contributed by atoms with Crippen molar-refractivity contribution in [1.82, 2.24) is 5.32 Å². The Labute approximate surface area is 120 Å². The summed E-state index contributed by atoms with van der Waals surface area (Å²) in [6.07, 6.45) is 4.99. The lowest BCUT2D eigenvalue weighted by molar-refractivity contribution is 0.0382. The fraction of sp³-hybridized carbons (Fsp3) is 1.00. The van der Waals surface area contributed by atoms with Crippen LogP contribution in [0.2, 0.25) is 0 Å². The summed E-state index contributed by atoms with van der Waals surface area (Å²) in [4.78, 5) is 0. The van der Waals surface area contributed by atoms with Crippen molar-refractivity contribution in [2.75, 3.05) is 39.5 Å². The Kier molecular flexibility index (Phi) is 14.2. The van der Waals surface area contributed by atoms with Gasteiger partial charge in [-0.1, -0.05) is 27.7 Å². The predicted molar refractivity (Wildman–Crippen MR) is 82.7 cm³/mol. The van der Waals surface area contributed by atoms with Gasteiger partial charge in [-0.05, 0) is 50.6 Å². The largest absolute Gasteiger partial charge is 0.379 e. The number of hydrogen-bond acceptors (Lipinski definition) is 3. The highest BCUT2D eigenvalue weighted by molar-refractivity contribution is 4.67. The zero-order chi connectivity index (χ0) is 14.3. The monoisotopic (exact) mass is 273 g/mol. The molecule has 1 N–H and O–H groups in total. The van der Waals surface area contributed by atoms with Crippen molar-refractivity contribution in [1.29, 1.82) is 0 Å². The molecule has 0 unspecified atom stereocenters. The van der Waals surface area contributed by atoms with Gasteiger partial charge in [0.25, 0.3) is 0 Å². The summed E-state index contributed by atoms with van der Waals surface area (Å²) < 4.78 is 11.1. The zero-order valence-electron chi connectivity index (χ0n) is 13.5. The van der Waals surface area contributed by atoms with Crippen molar-refractivity contribution in [3.63, 3.8) is 0 Å². The minimum atomic E-state index is 0.732. The molecule has 1 saturated heterocycles. The molecule has 116 valence electrons. The lowest BCUT2D eigenvalue weighted by Gasteiger charge is -2.22. The van der Waals surface area contributed by atoms with Crippen LogP contribution in [0.1, 0.15) is 53.4 Å². The first kappa shape index (κ1) is 18.9. The van der Waals surface area contributed by atoms with Crippen molar-refractivity contribution >= 4 is 0 Å². The smallest absolute Gasteiger partial charge is 0.0700 e. The SMILES string of the molecule is CC.CC(C)CCOCCOCCC1CCNCC1. The number of hydrogen-bond donors (Lipinski definition) is 1. The Morgan fingerprint density at radius 3 is 2.11 bits per heavy atom. The molecule has 3 heteroatoms. The number of piperidine rings is 1. The summed E-state index contributed by atoms with van der Waals surface area (Å²) in [6.45, 7) is 14.1. The van der Waals surface area contributed by atoms with Crippen LogP contribution >= 0.6 is 0 Å². The van der Waals surface area contributed by atoms with Crippen LogP contribution in [0.15, 0.2) is 0 Å². The second-order valence-corrected chi connectivity index (χ2v) is 5.39. The minimum Gasteiger partial charge on any atom is -0.379 e. The maximum atomic E-state index is 5.60. The third kappa shape index (κ3) is 12.6. The molecule has 3 nitrogen and oxygen atoms in total. The van der Waals surface area contributed by atoms with Gasteiger partial charge in [0.05, 0.1) is 13.2 Å². The zero-order valence-corrected chi connectivity index (χ0v) is 13.5. The quantitative estimate of drug-likeness (QED) is 0.652. The van der Waals surface area contributed by atoms with Crippen LogP contribution in [-0.2, 0) is 9.47 Å². The van der Waals surface area contributed by atoms with E-state index in [9.17, 15) is 0 Å². The van der Waals surface area contributed by atoms with Crippen molar-refractivity contribution in [2.24, 2.45) is 11.8 Å². The van der Waals surface area contributed by atoms with Gasteiger partial charge in [0.15, 0.2) is 0 Å². The van der Waals surface area contributed by atoms with E-state index in [2.05, 4.69) is 19.2 Å². The van der Waals surface area contributed by atoms with Crippen LogP contribution in [0.3, 0.4) is 0 Å². The summed E-state index contributed by atoms with van der Waals surface area (Å²) in [5.74, 6) is 1.61. The molecule has 0 bridgehead atoms. The molecule has 0 atom stereocenters. The van der Waals surface area contributed by atoms with Crippen LogP contribution in [-0.4, -0.2) is 39.5 Å². The number of nitrogens with one attached hydrogen (secondary N) is 1. The molecular weight excluding hydrogens is 238 g/mol. The van der Waals surface area contributed by atoms with Crippen LogP contribution in [0, 0.1) is 11.8 Å². The molecule has 0 aromatic rings. The maximum absolute atomic E-state index is 5.60. The van der Waals surface area contributed by atoms with E-state index < -0.39 is 0 Å². The first-order valence-corrected chi connectivity index (χ1v) is 8.15. The van der Waals surface area contributed by atoms with Crippen molar-refractivity contribution in [3.05, 3.63) is 0 Å². The molecule has 1 rings (SSSR count). The summed E-state index contributed by atoms with van der Waals surface area (Å²) in [5.41, 5.74) is 0. The topological polar surface area (TPSA) is 30.5 Å². The molecule has 0 spiro atoms. The van der Waals surface area contributed by atoms with E-state index in [1.165, 1.54) is 32.4 Å². The molecule has 0 saturated carbocycles. The van der Waals surface area contributed by atoms with Gasteiger partial charge in [-0.2, -0.15) is 0 Å². The third-order valence-corrected chi connectivity index (χ3v) is 3.34. The molecule has 0 aromatic carbocycles. The Hall–Kier alpha value is -0.120. The van der Waals surface area contributed by atoms with E-state index in [4.69, 9.17) is 9.47 Å². The van der Waals surface area contributed by atoms with Crippen LogP contribution in [0.4, 0.5) is 0 Å². The van der Waals surface area contributed by atoms with Gasteiger partial charge in [0.1, 0.15) is 0 Å². The first-order chi connectivity index (χ1) is 9.29. The molecule has 0 aliphatic carbocycles. The predicted octanol–water partition coefficient (Wildman–Crippen LogP) is 3.48. The molecule has 1 fully saturated rings. The summed E-state index contributed by atoms with van der Waals surface area (Å²) >= 11 is 0. The van der Waals surface area contributed by atoms with E-state index in [1.807, 2.05) is 13.8 Å². The number of rotatable bonds is 9. The minimum absolute atomic E-state index is 0.732. The van der Waals surface area contributed by atoms with Gasteiger partial charge >= 0.3 is 0 Å². The summed E-state index contributed by atoms with van der Waals surface area (Å²) in [7, 11) is 0. The second kappa shape index (κ2) is 14.3. The molecule has 1 aliphatic heterocycles. The van der Waals surface area contributed by atoms with E-state index in [-0.39, 0.29) is 0 Å². The van der Waals surface area contributed by atoms with E-state index in [1.54, 1.807) is 0 Å². The van der Waals surface area contributed by atoms with E-state index in [0.29, 0.717) is 0 Å². The maximum Gasteiger partial charge on any atom is 0.0700 e. The summed E-state index contributed by atoms with van der Waals surface area (Å²) in [5, 5.41) is 3.39. The Morgan fingerprint density at radius 1 is 0.947 bits per heavy atom. The van der Waals surface area contributed by atoms with Crippen LogP contribution in [0.25, 0.3) is 0 Å². The normalized spacial score (nSPS) is 16.3. The lowest BCUT2D eigenvalue weighted by atomic mass is 9.95. The average molecular weight is 273 g/mol. The third-order valence-electron chi connectivity index (χ3n) is 3.34. The molecule has 1 aliphatic rings. The van der Waals surface area contributed by atoms with Gasteiger partial charge < -0.3 is 14.8 Å². The molecule has 0 radical (unpaired) electrons. The highest BCUT2D eigenvalue weighted by Crippen LogP contribution is 2.15. The van der Waals surface area contributed by atoms with Gasteiger partial charge in [-0.15, -0.1) is 0 Å². The molecular formula is C16H35NO2. The highest BCUT2D eigenvalue weighted by atomic mass is 16.5. The standard InChI is InChI=1S/C14H29NO2.C2H6/c1-13(2)5-9-16-11-12-17-10-6-14-3-7-15-8-4-14;1-2/h13-15H,3-12H2,1-2H3;1-2H3. The number of ether oxygens (including phenoxy) is 2. The van der Waals surface area contributed by atoms with Gasteiger partial charge in [0.2, 0.25) is 0 Å². The van der Waals surface area contributed by atoms with Crippen molar-refractivity contribution < 1.29 is 9.47 Å². The first-order valence-electron chi connectivity index (χ1n) is 8.15. The average Bonchev–Trinajstić information content (AvgIpc) is 2.45. The molecule has 0 amide bonds. The van der Waals surface area contributed by atoms with E-state index in [0.717, 1.165) is 44.7 Å². The fourth-order valence-corrected chi connectivity index (χ4v) is 2.06. The highest BCUT2D eigenvalue weighted by Gasteiger charge is 2.11. The van der Waals surface area contributed by atoms with Crippen LogP contribution in [0.5, 0.6) is 0 Å². The van der Waals surface area contributed by atoms with Gasteiger partial charge in [0, 0.05) is 13.2 Å². The molecule has 0 aromatic heterocycles. The van der Waals surface area contributed by atoms with Gasteiger partial charge in [-0.3, -0.25) is 0 Å². The summed E-state index contributed by atoms with van der Waals surface area (Å²) in [6, 6.07) is 0. The Bertz CT molecular complexity index is 168. The van der Waals surface area contributed by atoms with E-state index >= 15 is 0 Å². The molecule has 1 heterocycles. The second-order valence-electron chi connectivity index (χ2n) is 5.39. The van der Waals surface area contributed by atoms with Crippen molar-refractivity contribution in [3.8, 4) is 0 Å².